The average Bonchev–Trinajstić information content (AvgIpc) is 3.27. The Morgan fingerprint density at radius 2 is 1.48 bits per heavy atom. The van der Waals surface area contributed by atoms with E-state index in [1.807, 2.05) is 0 Å². The van der Waals surface area contributed by atoms with Gasteiger partial charge < -0.3 is 4.90 Å². The van der Waals surface area contributed by atoms with Gasteiger partial charge in [0.05, 0.1) is 5.75 Å². The lowest BCUT2D eigenvalue weighted by Crippen LogP contribution is -2.49. The minimum Gasteiger partial charge on any atom is -0.369 e. The van der Waals surface area contributed by atoms with Gasteiger partial charge in [-0.3, -0.25) is 4.90 Å². The highest BCUT2D eigenvalue weighted by atomic mass is 35.5. The number of fused-ring (bicyclic) bond motifs is 1. The van der Waals surface area contributed by atoms with Gasteiger partial charge in [0.1, 0.15) is 0 Å². The summed E-state index contributed by atoms with van der Waals surface area (Å²) < 4.78 is 27.5. The van der Waals surface area contributed by atoms with E-state index >= 15 is 0 Å². The molecule has 33 heavy (non-hydrogen) atoms. The van der Waals surface area contributed by atoms with Gasteiger partial charge in [-0.05, 0) is 66.6 Å². The highest BCUT2D eigenvalue weighted by molar-refractivity contribution is 7.88. The predicted molar refractivity (Wildman–Crippen MR) is 136 cm³/mol. The van der Waals surface area contributed by atoms with Crippen LogP contribution in [0.2, 0.25) is 5.02 Å². The van der Waals surface area contributed by atoms with Crippen LogP contribution in [-0.4, -0.2) is 62.9 Å². The van der Waals surface area contributed by atoms with Crippen molar-refractivity contribution in [3.05, 3.63) is 64.2 Å². The smallest absolute Gasteiger partial charge is 0.218 e. The van der Waals surface area contributed by atoms with Crippen molar-refractivity contribution in [1.29, 1.82) is 0 Å². The molecule has 2 fully saturated rings. The maximum absolute atomic E-state index is 12.9. The van der Waals surface area contributed by atoms with Gasteiger partial charge in [0, 0.05) is 56.0 Å². The van der Waals surface area contributed by atoms with Crippen molar-refractivity contribution in [1.82, 2.24) is 9.21 Å². The van der Waals surface area contributed by atoms with Crippen LogP contribution in [0.15, 0.2) is 42.5 Å². The highest BCUT2D eigenvalue weighted by Crippen LogP contribution is 2.28. The summed E-state index contributed by atoms with van der Waals surface area (Å²) in [5, 5.41) is 0.622. The molecule has 0 N–H and O–H groups in total. The number of piperazine rings is 1. The fourth-order valence-electron chi connectivity index (χ4n) is 5.67. The Hall–Kier alpha value is -1.60. The number of halogens is 1. The predicted octanol–water partition coefficient (Wildman–Crippen LogP) is 4.34. The third kappa shape index (κ3) is 5.40. The van der Waals surface area contributed by atoms with Crippen molar-refractivity contribution in [2.24, 2.45) is 0 Å². The molecule has 0 aromatic heterocycles. The molecule has 3 aliphatic rings. The van der Waals surface area contributed by atoms with Crippen molar-refractivity contribution in [2.75, 3.05) is 44.2 Å². The SMILES string of the molecule is O=S(=O)(Cc1ccc(Cl)cc1)N1CCN(c2ccc3c(c2)CCN(C2CCCC2)CC3)CC1. The first-order valence-electron chi connectivity index (χ1n) is 12.3. The fraction of sp³-hybridized carbons (Fsp3) is 0.538. The van der Waals surface area contributed by atoms with Crippen LogP contribution in [0.1, 0.15) is 42.4 Å². The summed E-state index contributed by atoms with van der Waals surface area (Å²) in [4.78, 5) is 5.06. The molecule has 7 heteroatoms. The molecule has 2 aromatic carbocycles. The Morgan fingerprint density at radius 1 is 0.818 bits per heavy atom. The van der Waals surface area contributed by atoms with Crippen LogP contribution in [0, 0.1) is 0 Å². The molecule has 5 nitrogen and oxygen atoms in total. The second-order valence-electron chi connectivity index (χ2n) is 9.70. The van der Waals surface area contributed by atoms with E-state index in [0.29, 0.717) is 18.1 Å². The van der Waals surface area contributed by atoms with E-state index in [4.69, 9.17) is 11.6 Å². The summed E-state index contributed by atoms with van der Waals surface area (Å²) in [5.74, 6) is 0.0283. The number of hydrogen-bond acceptors (Lipinski definition) is 4. The lowest BCUT2D eigenvalue weighted by molar-refractivity contribution is 0.208. The fourth-order valence-corrected chi connectivity index (χ4v) is 7.31. The molecule has 0 bridgehead atoms. The summed E-state index contributed by atoms with van der Waals surface area (Å²) in [6.45, 7) is 4.86. The molecule has 5 rings (SSSR count). The molecule has 1 saturated carbocycles. The first-order valence-corrected chi connectivity index (χ1v) is 14.3. The second kappa shape index (κ2) is 9.95. The van der Waals surface area contributed by atoms with Crippen LogP contribution >= 0.6 is 11.6 Å². The minimum absolute atomic E-state index is 0.0283. The zero-order valence-electron chi connectivity index (χ0n) is 19.3. The lowest BCUT2D eigenvalue weighted by Gasteiger charge is -2.35. The molecular formula is C26H34ClN3O2S. The first-order chi connectivity index (χ1) is 16.0. The van der Waals surface area contributed by atoms with E-state index in [-0.39, 0.29) is 5.75 Å². The van der Waals surface area contributed by atoms with Crippen LogP contribution in [0.4, 0.5) is 5.69 Å². The molecule has 1 aliphatic carbocycles. The van der Waals surface area contributed by atoms with Crippen LogP contribution < -0.4 is 4.90 Å². The van der Waals surface area contributed by atoms with Gasteiger partial charge in [0.15, 0.2) is 0 Å². The van der Waals surface area contributed by atoms with Gasteiger partial charge in [0.25, 0.3) is 0 Å². The third-order valence-electron chi connectivity index (χ3n) is 7.63. The zero-order chi connectivity index (χ0) is 22.8. The standard InChI is InChI=1S/C26H34ClN3O2S/c27-24-8-5-21(6-9-24)20-33(31,32)30-17-15-29(16-18-30)26-10-7-22-11-13-28(14-12-23(22)19-26)25-3-1-2-4-25/h5-10,19,25H,1-4,11-18,20H2. The Morgan fingerprint density at radius 3 is 2.18 bits per heavy atom. The summed E-state index contributed by atoms with van der Waals surface area (Å²) in [6, 6.07) is 14.8. The van der Waals surface area contributed by atoms with Crippen molar-refractivity contribution in [2.45, 2.75) is 50.3 Å². The van der Waals surface area contributed by atoms with Crippen molar-refractivity contribution in [3.8, 4) is 0 Å². The van der Waals surface area contributed by atoms with E-state index in [1.54, 1.807) is 28.6 Å². The topological polar surface area (TPSA) is 43.9 Å². The van der Waals surface area contributed by atoms with Crippen LogP contribution in [-0.2, 0) is 28.6 Å². The zero-order valence-corrected chi connectivity index (χ0v) is 20.8. The molecule has 2 aliphatic heterocycles. The Balaban J connectivity index is 1.20. The monoisotopic (exact) mass is 487 g/mol. The summed E-state index contributed by atoms with van der Waals surface area (Å²) in [7, 11) is -3.33. The van der Waals surface area contributed by atoms with Gasteiger partial charge in [-0.1, -0.05) is 42.6 Å². The number of benzene rings is 2. The molecule has 178 valence electrons. The third-order valence-corrected chi connectivity index (χ3v) is 9.73. The van der Waals surface area contributed by atoms with E-state index in [0.717, 1.165) is 44.1 Å². The molecule has 2 heterocycles. The normalized spacial score (nSPS) is 21.2. The van der Waals surface area contributed by atoms with Crippen molar-refractivity contribution < 1.29 is 8.42 Å². The molecular weight excluding hydrogens is 454 g/mol. The Kier molecular flexibility index (Phi) is 6.98. The summed E-state index contributed by atoms with van der Waals surface area (Å²) in [6.07, 6.45) is 7.77. The number of nitrogens with zero attached hydrogens (tertiary/aromatic N) is 3. The molecule has 0 spiro atoms. The maximum atomic E-state index is 12.9. The van der Waals surface area contributed by atoms with E-state index < -0.39 is 10.0 Å². The van der Waals surface area contributed by atoms with Crippen LogP contribution in [0.25, 0.3) is 0 Å². The minimum atomic E-state index is -3.33. The van der Waals surface area contributed by atoms with E-state index in [1.165, 1.54) is 49.0 Å². The number of anilines is 1. The first kappa shape index (κ1) is 23.2. The van der Waals surface area contributed by atoms with Crippen molar-refractivity contribution in [3.63, 3.8) is 0 Å². The Labute approximate surface area is 203 Å². The van der Waals surface area contributed by atoms with Gasteiger partial charge in [-0.2, -0.15) is 4.31 Å². The number of sulfonamides is 1. The lowest BCUT2D eigenvalue weighted by atomic mass is 10.0. The molecule has 1 saturated heterocycles. The Bertz CT molecular complexity index is 1060. The van der Waals surface area contributed by atoms with E-state index in [2.05, 4.69) is 28.0 Å². The van der Waals surface area contributed by atoms with Gasteiger partial charge >= 0.3 is 0 Å². The molecule has 0 atom stereocenters. The quantitative estimate of drug-likeness (QED) is 0.629. The maximum Gasteiger partial charge on any atom is 0.218 e. The van der Waals surface area contributed by atoms with E-state index in [9.17, 15) is 8.42 Å². The van der Waals surface area contributed by atoms with Crippen LogP contribution in [0.5, 0.6) is 0 Å². The van der Waals surface area contributed by atoms with Gasteiger partial charge in [-0.25, -0.2) is 8.42 Å². The van der Waals surface area contributed by atoms with Crippen molar-refractivity contribution >= 4 is 27.3 Å². The van der Waals surface area contributed by atoms with Crippen LogP contribution in [0.3, 0.4) is 0 Å². The average molecular weight is 488 g/mol. The molecule has 0 unspecified atom stereocenters. The molecule has 2 aromatic rings. The second-order valence-corrected chi connectivity index (χ2v) is 12.1. The number of rotatable bonds is 5. The molecule has 0 radical (unpaired) electrons. The summed E-state index contributed by atoms with van der Waals surface area (Å²) in [5.41, 5.74) is 4.98. The summed E-state index contributed by atoms with van der Waals surface area (Å²) >= 11 is 5.93. The number of hydrogen-bond donors (Lipinski definition) is 0. The van der Waals surface area contributed by atoms with Gasteiger partial charge in [-0.15, -0.1) is 0 Å². The highest BCUT2D eigenvalue weighted by Gasteiger charge is 2.28. The van der Waals surface area contributed by atoms with Gasteiger partial charge in [0.2, 0.25) is 10.0 Å². The molecule has 0 amide bonds. The largest absolute Gasteiger partial charge is 0.369 e.